The Morgan fingerprint density at radius 3 is 2.34 bits per heavy atom. The number of fused-ring (bicyclic) bond motifs is 5. The Labute approximate surface area is 379 Å². The van der Waals surface area contributed by atoms with Crippen molar-refractivity contribution in [3.63, 3.8) is 0 Å². The summed E-state index contributed by atoms with van der Waals surface area (Å²) >= 11 is 12.8. The van der Waals surface area contributed by atoms with Gasteiger partial charge in [0.05, 0.1) is 70.1 Å². The quantitative estimate of drug-likeness (QED) is 0.110. The van der Waals surface area contributed by atoms with E-state index in [1.807, 2.05) is 6.07 Å². The van der Waals surface area contributed by atoms with Crippen molar-refractivity contribution in [2.75, 3.05) is 70.3 Å². The molecular formula is C46H47Cl2FN8O7. The highest BCUT2D eigenvalue weighted by Crippen LogP contribution is 2.42. The number of carbonyl (C=O) groups is 4. The Bertz CT molecular complexity index is 2600. The molecule has 4 aromatic rings. The van der Waals surface area contributed by atoms with Crippen LogP contribution < -0.4 is 29.7 Å². The number of hydrogen-bond acceptors (Lipinski definition) is 13. The smallest absolute Gasteiger partial charge is 0.262 e. The average molecular weight is 914 g/mol. The molecule has 0 saturated carbocycles. The molecule has 6 aliphatic heterocycles. The largest absolute Gasteiger partial charge is 0.495 e. The lowest BCUT2D eigenvalue weighted by Crippen LogP contribution is -2.63. The molecule has 4 amide bonds. The SMILES string of the molecule is COc1cc(Nc2c(C#N)cnc3cc(OCCCN4CCC(CN5CC6CCC5CN6c5cc6c(cc5F)C(=O)N(C5CCC(=O)NC5=O)C6=O)CC4)c(OC)cc23)c(Cl)cc1Cl. The van der Waals surface area contributed by atoms with Gasteiger partial charge < -0.3 is 29.3 Å². The lowest BCUT2D eigenvalue weighted by molar-refractivity contribution is -0.136. The molecule has 0 aliphatic carbocycles. The van der Waals surface area contributed by atoms with E-state index in [9.17, 15) is 24.4 Å². The number of nitrogens with one attached hydrogen (secondary N) is 2. The first kappa shape index (κ1) is 43.5. The third kappa shape index (κ3) is 8.26. The number of anilines is 3. The van der Waals surface area contributed by atoms with Crippen LogP contribution in [0.5, 0.6) is 17.2 Å². The first-order chi connectivity index (χ1) is 30.9. The van der Waals surface area contributed by atoms with Crippen LogP contribution in [0.2, 0.25) is 10.0 Å². The normalized spacial score (nSPS) is 21.6. The summed E-state index contributed by atoms with van der Waals surface area (Å²) in [4.78, 5) is 63.4. The minimum absolute atomic E-state index is 0.0181. The van der Waals surface area contributed by atoms with E-state index >= 15 is 4.39 Å². The van der Waals surface area contributed by atoms with Crippen molar-refractivity contribution in [3.8, 4) is 23.3 Å². The lowest BCUT2D eigenvalue weighted by atomic mass is 9.87. The van der Waals surface area contributed by atoms with Crippen LogP contribution in [0.15, 0.2) is 42.6 Å². The zero-order valence-corrected chi connectivity index (χ0v) is 36.9. The molecular weight excluding hydrogens is 866 g/mol. The Balaban J connectivity index is 0.764. The summed E-state index contributed by atoms with van der Waals surface area (Å²) in [5.41, 5.74) is 2.30. The fraction of sp³-hybridized carbons (Fsp3) is 0.435. The van der Waals surface area contributed by atoms with Gasteiger partial charge in [-0.25, -0.2) is 4.39 Å². The molecule has 3 aromatic carbocycles. The average Bonchev–Trinajstić information content (AvgIpc) is 3.53. The minimum Gasteiger partial charge on any atom is -0.495 e. The second-order valence-corrected chi connectivity index (χ2v) is 17.9. The number of piperazine rings is 1. The van der Waals surface area contributed by atoms with Crippen molar-refractivity contribution >= 4 is 74.8 Å². The first-order valence-electron chi connectivity index (χ1n) is 21.6. The van der Waals surface area contributed by atoms with Crippen LogP contribution in [0.1, 0.15) is 71.2 Å². The Hall–Kier alpha value is -5.73. The second-order valence-electron chi connectivity index (χ2n) is 17.0. The Morgan fingerprint density at radius 2 is 1.64 bits per heavy atom. The summed E-state index contributed by atoms with van der Waals surface area (Å²) < 4.78 is 33.1. The highest BCUT2D eigenvalue weighted by atomic mass is 35.5. The Kier molecular flexibility index (Phi) is 12.3. The number of nitriles is 1. The number of nitrogens with zero attached hydrogens (tertiary/aromatic N) is 6. The number of rotatable bonds is 13. The van der Waals surface area contributed by atoms with Crippen LogP contribution in [-0.2, 0) is 9.59 Å². The van der Waals surface area contributed by atoms with Gasteiger partial charge in [-0.3, -0.25) is 39.3 Å². The van der Waals surface area contributed by atoms with Gasteiger partial charge in [-0.15, -0.1) is 0 Å². The van der Waals surface area contributed by atoms with Gasteiger partial charge in [-0.05, 0) is 81.8 Å². The molecule has 18 heteroatoms. The number of benzene rings is 3. The van der Waals surface area contributed by atoms with Gasteiger partial charge in [0.25, 0.3) is 11.8 Å². The van der Waals surface area contributed by atoms with E-state index in [0.29, 0.717) is 79.9 Å². The molecule has 5 saturated heterocycles. The molecule has 6 aliphatic rings. The molecule has 3 atom stereocenters. The van der Waals surface area contributed by atoms with Gasteiger partial charge in [0.2, 0.25) is 11.8 Å². The number of aromatic nitrogens is 1. The number of hydrogen-bond donors (Lipinski definition) is 2. The van der Waals surface area contributed by atoms with Gasteiger partial charge in [-0.1, -0.05) is 23.2 Å². The van der Waals surface area contributed by atoms with E-state index in [4.69, 9.17) is 37.4 Å². The van der Waals surface area contributed by atoms with Gasteiger partial charge in [-0.2, -0.15) is 5.26 Å². The van der Waals surface area contributed by atoms with Crippen LogP contribution in [0.25, 0.3) is 10.9 Å². The number of halogens is 3. The van der Waals surface area contributed by atoms with Crippen LogP contribution >= 0.6 is 23.2 Å². The van der Waals surface area contributed by atoms with Crippen molar-refractivity contribution < 1.29 is 37.8 Å². The fourth-order valence-electron chi connectivity index (χ4n) is 9.94. The maximum atomic E-state index is 15.8. The molecule has 0 spiro atoms. The van der Waals surface area contributed by atoms with Gasteiger partial charge in [0.1, 0.15) is 23.7 Å². The number of imide groups is 2. The maximum absolute atomic E-state index is 15.8. The van der Waals surface area contributed by atoms with Crippen LogP contribution in [0.3, 0.4) is 0 Å². The van der Waals surface area contributed by atoms with E-state index < -0.39 is 35.5 Å². The molecule has 2 bridgehead atoms. The number of ether oxygens (including phenoxy) is 3. The molecule has 334 valence electrons. The standard InChI is InChI=1S/C46H47Cl2FN8O7/c1-62-39-19-36(32(47)17-33(39)48)52-43-26(20-50)21-51-35-18-41(40(63-2)16-31(35)43)64-13-3-10-54-11-8-25(9-12-54)22-55-23-28-5-4-27(55)24-56(28)38-15-30-29(14-34(38)49)45(60)57(46(30)61)37-6-7-42(58)53-44(37)59/h14-19,21,25,27-28,37H,3-13,22-24H2,1-2H3,(H,51,52)(H,53,58,59). The number of likely N-dealkylation sites (tertiary alicyclic amines) is 1. The van der Waals surface area contributed by atoms with E-state index in [0.717, 1.165) is 75.8 Å². The van der Waals surface area contributed by atoms with E-state index in [2.05, 4.69) is 36.4 Å². The van der Waals surface area contributed by atoms with Crippen molar-refractivity contribution in [3.05, 3.63) is 75.1 Å². The summed E-state index contributed by atoms with van der Waals surface area (Å²) in [6.45, 7) is 5.76. The molecule has 0 radical (unpaired) electrons. The van der Waals surface area contributed by atoms with Crippen LogP contribution in [0.4, 0.5) is 21.5 Å². The third-order valence-corrected chi connectivity index (χ3v) is 13.9. The molecule has 3 unspecified atom stereocenters. The number of pyridine rings is 1. The van der Waals surface area contributed by atoms with E-state index in [-0.39, 0.29) is 36.1 Å². The predicted octanol–water partition coefficient (Wildman–Crippen LogP) is 6.55. The minimum atomic E-state index is -1.10. The fourth-order valence-corrected chi connectivity index (χ4v) is 10.4. The lowest BCUT2D eigenvalue weighted by Gasteiger charge is -2.53. The summed E-state index contributed by atoms with van der Waals surface area (Å²) in [7, 11) is 3.08. The summed E-state index contributed by atoms with van der Waals surface area (Å²) in [6, 6.07) is 10.9. The molecule has 1 aromatic heterocycles. The molecule has 15 nitrogen and oxygen atoms in total. The second kappa shape index (κ2) is 18.0. The molecule has 5 fully saturated rings. The van der Waals surface area contributed by atoms with Crippen molar-refractivity contribution in [1.82, 2.24) is 25.0 Å². The topological polar surface area (TPSA) is 170 Å². The summed E-state index contributed by atoms with van der Waals surface area (Å²) in [6.07, 6.45) is 6.46. The zero-order valence-electron chi connectivity index (χ0n) is 35.4. The van der Waals surface area contributed by atoms with Gasteiger partial charge >= 0.3 is 0 Å². The highest BCUT2D eigenvalue weighted by molar-refractivity contribution is 6.37. The number of methoxy groups -OCH3 is 2. The number of carbonyl (C=O) groups excluding carboxylic acids is 4. The van der Waals surface area contributed by atoms with Gasteiger partial charge in [0.15, 0.2) is 11.5 Å². The molecule has 7 heterocycles. The van der Waals surface area contributed by atoms with Gasteiger partial charge in [0, 0.05) is 68.4 Å². The number of amides is 4. The van der Waals surface area contributed by atoms with Crippen LogP contribution in [-0.4, -0.2) is 122 Å². The van der Waals surface area contributed by atoms with Crippen molar-refractivity contribution in [2.24, 2.45) is 5.92 Å². The maximum Gasteiger partial charge on any atom is 0.262 e. The predicted molar refractivity (Wildman–Crippen MR) is 237 cm³/mol. The van der Waals surface area contributed by atoms with E-state index in [1.165, 1.54) is 19.4 Å². The monoisotopic (exact) mass is 912 g/mol. The molecule has 64 heavy (non-hydrogen) atoms. The number of piperidine rings is 4. The molecule has 10 rings (SSSR count). The molecule has 2 N–H and O–H groups in total. The van der Waals surface area contributed by atoms with E-state index in [1.54, 1.807) is 25.3 Å². The van der Waals surface area contributed by atoms with Crippen LogP contribution in [0, 0.1) is 23.1 Å². The highest BCUT2D eigenvalue weighted by Gasteiger charge is 2.47. The zero-order chi connectivity index (χ0) is 44.8. The summed E-state index contributed by atoms with van der Waals surface area (Å²) in [5, 5.41) is 16.8. The van der Waals surface area contributed by atoms with Crippen molar-refractivity contribution in [1.29, 1.82) is 5.26 Å². The Morgan fingerprint density at radius 1 is 0.891 bits per heavy atom. The first-order valence-corrected chi connectivity index (χ1v) is 22.3. The van der Waals surface area contributed by atoms with Crippen molar-refractivity contribution in [2.45, 2.75) is 63.1 Å². The summed E-state index contributed by atoms with van der Waals surface area (Å²) in [5.74, 6) is -1.01. The third-order valence-electron chi connectivity index (χ3n) is 13.3.